The summed E-state index contributed by atoms with van der Waals surface area (Å²) < 4.78 is 65.2. The van der Waals surface area contributed by atoms with Crippen molar-refractivity contribution in [3.05, 3.63) is 30.3 Å². The predicted molar refractivity (Wildman–Crippen MR) is 71.9 cm³/mol. The predicted octanol–water partition coefficient (Wildman–Crippen LogP) is 3.82. The normalized spacial score (nSPS) is 21.4. The fraction of sp³-hybridized carbons (Fsp3) is 0.500. The number of benzene rings is 1. The van der Waals surface area contributed by atoms with Crippen LogP contribution in [-0.4, -0.2) is 25.4 Å². The summed E-state index contributed by atoms with van der Waals surface area (Å²) in [4.78, 5) is 0.563. The molecule has 0 bridgehead atoms. The lowest BCUT2D eigenvalue weighted by molar-refractivity contribution is -0.0496. The van der Waals surface area contributed by atoms with Crippen LogP contribution >= 0.6 is 10.3 Å². The zero-order valence-corrected chi connectivity index (χ0v) is 12.2. The standard InChI is InChI=1S/C12H15F3O3S2/c13-12(14,15)20(16,17)18-19(9-5-2-6-10-19)11-7-3-1-4-8-11/h1,3-4,7-8H,2,5-6,9-10H2. The summed E-state index contributed by atoms with van der Waals surface area (Å²) in [5.74, 6) is 0.707. The van der Waals surface area contributed by atoms with E-state index in [0.717, 1.165) is 6.42 Å². The van der Waals surface area contributed by atoms with Crippen LogP contribution < -0.4 is 0 Å². The van der Waals surface area contributed by atoms with Crippen molar-refractivity contribution in [1.82, 2.24) is 0 Å². The third-order valence-electron chi connectivity index (χ3n) is 3.12. The Bertz CT molecular complexity index is 549. The lowest BCUT2D eigenvalue weighted by Gasteiger charge is -2.41. The Labute approximate surface area is 117 Å². The van der Waals surface area contributed by atoms with Gasteiger partial charge in [0.2, 0.25) is 0 Å². The lowest BCUT2D eigenvalue weighted by Crippen LogP contribution is -2.30. The van der Waals surface area contributed by atoms with Gasteiger partial charge in [0.15, 0.2) is 0 Å². The van der Waals surface area contributed by atoms with Gasteiger partial charge in [-0.1, -0.05) is 34.9 Å². The van der Waals surface area contributed by atoms with E-state index >= 15 is 0 Å². The molecule has 0 spiro atoms. The van der Waals surface area contributed by atoms with Crippen molar-refractivity contribution in [2.24, 2.45) is 0 Å². The van der Waals surface area contributed by atoms with Crippen LogP contribution in [0.4, 0.5) is 13.2 Å². The average molecular weight is 328 g/mol. The molecule has 0 N–H and O–H groups in total. The number of hydrogen-bond acceptors (Lipinski definition) is 3. The molecule has 0 saturated carbocycles. The van der Waals surface area contributed by atoms with Crippen LogP contribution in [-0.2, 0) is 13.7 Å². The Kier molecular flexibility index (Phi) is 4.36. The molecule has 1 heterocycles. The van der Waals surface area contributed by atoms with E-state index in [2.05, 4.69) is 0 Å². The van der Waals surface area contributed by atoms with Gasteiger partial charge in [-0.3, -0.25) is 0 Å². The second-order valence-electron chi connectivity index (χ2n) is 4.56. The molecule has 0 radical (unpaired) electrons. The molecule has 0 unspecified atom stereocenters. The molecule has 1 aliphatic heterocycles. The molecule has 0 aromatic heterocycles. The van der Waals surface area contributed by atoms with Crippen LogP contribution in [0.15, 0.2) is 35.2 Å². The molecule has 0 atom stereocenters. The fourth-order valence-electron chi connectivity index (χ4n) is 2.17. The van der Waals surface area contributed by atoms with Crippen LogP contribution in [0.5, 0.6) is 0 Å². The van der Waals surface area contributed by atoms with Crippen LogP contribution in [0.2, 0.25) is 0 Å². The van der Waals surface area contributed by atoms with E-state index in [0.29, 0.717) is 29.2 Å². The van der Waals surface area contributed by atoms with E-state index in [-0.39, 0.29) is 0 Å². The Balaban J connectivity index is 2.39. The minimum Gasteiger partial charge on any atom is -0.209 e. The Morgan fingerprint density at radius 2 is 1.55 bits per heavy atom. The molecule has 1 aliphatic rings. The summed E-state index contributed by atoms with van der Waals surface area (Å²) in [5, 5.41) is 0. The van der Waals surface area contributed by atoms with E-state index in [9.17, 15) is 21.6 Å². The molecule has 3 nitrogen and oxygen atoms in total. The van der Waals surface area contributed by atoms with Crippen molar-refractivity contribution in [2.45, 2.75) is 29.7 Å². The van der Waals surface area contributed by atoms with E-state index in [1.54, 1.807) is 30.3 Å². The summed E-state index contributed by atoms with van der Waals surface area (Å²) in [5.41, 5.74) is -5.38. The van der Waals surface area contributed by atoms with E-state index in [1.165, 1.54) is 0 Å². The fourth-order valence-corrected chi connectivity index (χ4v) is 7.38. The van der Waals surface area contributed by atoms with Gasteiger partial charge in [0.25, 0.3) is 0 Å². The van der Waals surface area contributed by atoms with Gasteiger partial charge in [-0.05, 0) is 25.0 Å². The highest BCUT2D eigenvalue weighted by molar-refractivity contribution is 8.33. The minimum atomic E-state index is -5.57. The zero-order valence-electron chi connectivity index (χ0n) is 10.6. The monoisotopic (exact) mass is 328 g/mol. The molecular weight excluding hydrogens is 313 g/mol. The minimum absolute atomic E-state index is 0.353. The number of halogens is 3. The second kappa shape index (κ2) is 5.57. The number of rotatable bonds is 3. The van der Waals surface area contributed by atoms with Gasteiger partial charge in [0.1, 0.15) is 0 Å². The first-order valence-corrected chi connectivity index (χ1v) is 9.43. The van der Waals surface area contributed by atoms with Gasteiger partial charge in [0, 0.05) is 16.4 Å². The van der Waals surface area contributed by atoms with Gasteiger partial charge in [-0.15, -0.1) is 0 Å². The molecule has 1 fully saturated rings. The molecule has 0 amide bonds. The van der Waals surface area contributed by atoms with Crippen molar-refractivity contribution < 1.29 is 25.2 Å². The maximum Gasteiger partial charge on any atom is 0.523 e. The summed E-state index contributed by atoms with van der Waals surface area (Å²) in [7, 11) is -7.99. The quantitative estimate of drug-likeness (QED) is 0.792. The maximum absolute atomic E-state index is 12.6. The summed E-state index contributed by atoms with van der Waals surface area (Å²) >= 11 is 0. The first-order chi connectivity index (χ1) is 9.27. The van der Waals surface area contributed by atoms with Crippen LogP contribution in [0.25, 0.3) is 0 Å². The maximum atomic E-state index is 12.6. The van der Waals surface area contributed by atoms with Crippen molar-refractivity contribution in [3.63, 3.8) is 0 Å². The lowest BCUT2D eigenvalue weighted by atomic mass is 10.3. The molecule has 1 aromatic carbocycles. The Hall–Kier alpha value is -0.730. The van der Waals surface area contributed by atoms with Crippen molar-refractivity contribution in [3.8, 4) is 0 Å². The van der Waals surface area contributed by atoms with Gasteiger partial charge in [-0.25, -0.2) is 3.63 Å². The van der Waals surface area contributed by atoms with E-state index in [4.69, 9.17) is 3.63 Å². The van der Waals surface area contributed by atoms with Crippen LogP contribution in [0, 0.1) is 0 Å². The smallest absolute Gasteiger partial charge is 0.209 e. The number of hydrogen-bond donors (Lipinski definition) is 0. The highest BCUT2D eigenvalue weighted by Gasteiger charge is 2.51. The first-order valence-electron chi connectivity index (χ1n) is 6.13. The Morgan fingerprint density at radius 3 is 2.05 bits per heavy atom. The van der Waals surface area contributed by atoms with Crippen molar-refractivity contribution >= 4 is 20.4 Å². The van der Waals surface area contributed by atoms with E-state index in [1.807, 2.05) is 0 Å². The molecule has 8 heteroatoms. The molecule has 1 saturated heterocycles. The molecular formula is C12H15F3O3S2. The zero-order chi connectivity index (χ0) is 14.9. The Morgan fingerprint density at radius 1 is 1.00 bits per heavy atom. The summed E-state index contributed by atoms with van der Waals surface area (Å²) in [6.45, 7) is 0. The molecule has 20 heavy (non-hydrogen) atoms. The average Bonchev–Trinajstić information content (AvgIpc) is 2.39. The summed E-state index contributed by atoms with van der Waals surface area (Å²) in [6, 6.07) is 8.39. The molecule has 2 rings (SSSR count). The summed E-state index contributed by atoms with van der Waals surface area (Å²) in [6.07, 6.45) is 2.24. The molecule has 114 valence electrons. The number of alkyl halides is 3. The van der Waals surface area contributed by atoms with Crippen molar-refractivity contribution in [1.29, 1.82) is 0 Å². The van der Waals surface area contributed by atoms with E-state index < -0.39 is 25.9 Å². The van der Waals surface area contributed by atoms with Gasteiger partial charge >= 0.3 is 15.6 Å². The van der Waals surface area contributed by atoms with Crippen molar-refractivity contribution in [2.75, 3.05) is 11.5 Å². The first kappa shape index (κ1) is 15.7. The highest BCUT2D eigenvalue weighted by Crippen LogP contribution is 2.62. The second-order valence-corrected chi connectivity index (χ2v) is 9.39. The van der Waals surface area contributed by atoms with Crippen LogP contribution in [0.3, 0.4) is 0 Å². The largest absolute Gasteiger partial charge is 0.523 e. The van der Waals surface area contributed by atoms with Crippen LogP contribution in [0.1, 0.15) is 19.3 Å². The molecule has 1 aromatic rings. The van der Waals surface area contributed by atoms with Gasteiger partial charge in [0.05, 0.1) is 0 Å². The third kappa shape index (κ3) is 3.12. The van der Waals surface area contributed by atoms with Gasteiger partial charge < -0.3 is 0 Å². The SMILES string of the molecule is O=S(=O)(OS1(c2ccccc2)CCCCC1)C(F)(F)F. The third-order valence-corrected chi connectivity index (χ3v) is 8.48. The van der Waals surface area contributed by atoms with Gasteiger partial charge in [-0.2, -0.15) is 21.6 Å². The highest BCUT2D eigenvalue weighted by atomic mass is 32.3. The topological polar surface area (TPSA) is 43.4 Å². The molecule has 0 aliphatic carbocycles.